The second kappa shape index (κ2) is 7.17. The third-order valence-electron chi connectivity index (χ3n) is 2.37. The van der Waals surface area contributed by atoms with Gasteiger partial charge in [0.15, 0.2) is 0 Å². The molecule has 1 amide bonds. The average molecular weight is 380 g/mol. The number of halogens is 4. The molecule has 1 aromatic rings. The lowest BCUT2D eigenvalue weighted by Gasteiger charge is -2.19. The van der Waals surface area contributed by atoms with Crippen LogP contribution in [-0.4, -0.2) is 18.2 Å². The molecule has 0 bridgehead atoms. The smallest absolute Gasteiger partial charge is 0.417 e. The van der Waals surface area contributed by atoms with Gasteiger partial charge in [-0.1, -0.05) is 34.1 Å². The lowest BCUT2D eigenvalue weighted by Crippen LogP contribution is -2.32. The van der Waals surface area contributed by atoms with Gasteiger partial charge in [-0.25, -0.2) is 4.79 Å². The van der Waals surface area contributed by atoms with Crippen LogP contribution in [0.4, 0.5) is 18.0 Å². The average Bonchev–Trinajstić information content (AvgIpc) is 2.33. The summed E-state index contributed by atoms with van der Waals surface area (Å²) >= 11 is 2.88. The predicted molar refractivity (Wildman–Crippen MR) is 82.4 cm³/mol. The number of carbonyl (C=O) groups is 1. The number of nitrogens with one attached hydrogen (secondary N) is 1. The van der Waals surface area contributed by atoms with E-state index >= 15 is 0 Å². The fraction of sp³-hybridized carbons (Fsp3) is 0.400. The fourth-order valence-electron chi connectivity index (χ4n) is 1.52. The lowest BCUT2D eigenvalue weighted by atomic mass is 10.1. The highest BCUT2D eigenvalue weighted by molar-refractivity contribution is 9.10. The van der Waals surface area contributed by atoms with E-state index in [0.29, 0.717) is 5.56 Å². The number of alkyl halides is 3. The number of benzene rings is 1. The zero-order valence-corrected chi connectivity index (χ0v) is 14.0. The molecule has 0 unspecified atom stereocenters. The first-order valence-electron chi connectivity index (χ1n) is 6.49. The zero-order valence-electron chi connectivity index (χ0n) is 12.4. The molecule has 3 nitrogen and oxygen atoms in total. The number of ether oxygens (including phenoxy) is 1. The van der Waals surface area contributed by atoms with E-state index < -0.39 is 23.4 Å². The summed E-state index contributed by atoms with van der Waals surface area (Å²) in [6.45, 7) is 5.38. The first kappa shape index (κ1) is 18.5. The van der Waals surface area contributed by atoms with E-state index in [2.05, 4.69) is 21.2 Å². The number of hydrogen-bond acceptors (Lipinski definition) is 2. The SMILES string of the molecule is CC(C)(C)OC(=O)NCC=Cc1ccc(Br)c(C(F)(F)F)c1. The molecule has 0 saturated heterocycles. The summed E-state index contributed by atoms with van der Waals surface area (Å²) in [6, 6.07) is 3.92. The van der Waals surface area contributed by atoms with Crippen LogP contribution in [0.1, 0.15) is 31.9 Å². The Kier molecular flexibility index (Phi) is 6.05. The summed E-state index contributed by atoms with van der Waals surface area (Å²) in [4.78, 5) is 11.4. The minimum absolute atomic E-state index is 0.0102. The molecule has 0 spiro atoms. The fourth-order valence-corrected chi connectivity index (χ4v) is 1.99. The van der Waals surface area contributed by atoms with Gasteiger partial charge in [0.05, 0.1) is 5.56 Å². The molecule has 0 aliphatic heterocycles. The van der Waals surface area contributed by atoms with Gasteiger partial charge in [-0.3, -0.25) is 0 Å². The Morgan fingerprint density at radius 2 is 1.95 bits per heavy atom. The van der Waals surface area contributed by atoms with Crippen LogP contribution in [0, 0.1) is 0 Å². The first-order valence-corrected chi connectivity index (χ1v) is 7.28. The molecular formula is C15H17BrF3NO2. The summed E-state index contributed by atoms with van der Waals surface area (Å²) in [5.74, 6) is 0. The molecule has 0 atom stereocenters. The van der Waals surface area contributed by atoms with Crippen LogP contribution in [0.15, 0.2) is 28.7 Å². The van der Waals surface area contributed by atoms with E-state index in [-0.39, 0.29) is 11.0 Å². The maximum absolute atomic E-state index is 12.8. The van der Waals surface area contributed by atoms with Crippen LogP contribution in [0.2, 0.25) is 0 Å². The Balaban J connectivity index is 2.63. The molecule has 0 aliphatic rings. The van der Waals surface area contributed by atoms with E-state index in [4.69, 9.17) is 4.74 Å². The molecule has 22 heavy (non-hydrogen) atoms. The zero-order chi connectivity index (χ0) is 17.0. The van der Waals surface area contributed by atoms with E-state index in [9.17, 15) is 18.0 Å². The summed E-state index contributed by atoms with van der Waals surface area (Å²) in [5, 5.41) is 2.49. The molecule has 1 N–H and O–H groups in total. The van der Waals surface area contributed by atoms with Gasteiger partial charge in [-0.2, -0.15) is 13.2 Å². The van der Waals surface area contributed by atoms with Crippen LogP contribution < -0.4 is 5.32 Å². The minimum Gasteiger partial charge on any atom is -0.444 e. The number of alkyl carbamates (subject to hydrolysis) is 1. The number of amides is 1. The number of rotatable bonds is 3. The minimum atomic E-state index is -4.42. The van der Waals surface area contributed by atoms with E-state index in [1.807, 2.05) is 0 Å². The van der Waals surface area contributed by atoms with Crippen LogP contribution in [0.3, 0.4) is 0 Å². The van der Waals surface area contributed by atoms with Crippen molar-refractivity contribution in [2.75, 3.05) is 6.54 Å². The van der Waals surface area contributed by atoms with Crippen molar-refractivity contribution in [1.82, 2.24) is 5.32 Å². The number of carbonyl (C=O) groups excluding carboxylic acids is 1. The Bertz CT molecular complexity index is 563. The molecule has 0 saturated carbocycles. The summed E-state index contributed by atoms with van der Waals surface area (Å²) in [7, 11) is 0. The standard InChI is InChI=1S/C15H17BrF3NO2/c1-14(2,3)22-13(21)20-8-4-5-10-6-7-12(16)11(9-10)15(17,18)19/h4-7,9H,8H2,1-3H3,(H,20,21). The van der Waals surface area contributed by atoms with Crippen molar-refractivity contribution in [1.29, 1.82) is 0 Å². The van der Waals surface area contributed by atoms with Crippen molar-refractivity contribution in [3.05, 3.63) is 39.9 Å². The van der Waals surface area contributed by atoms with Crippen molar-refractivity contribution in [3.63, 3.8) is 0 Å². The van der Waals surface area contributed by atoms with E-state index in [1.165, 1.54) is 12.1 Å². The Hall–Kier alpha value is -1.50. The normalized spacial score (nSPS) is 12.5. The van der Waals surface area contributed by atoms with Gasteiger partial charge in [-0.05, 0) is 38.5 Å². The highest BCUT2D eigenvalue weighted by Crippen LogP contribution is 2.35. The molecule has 1 rings (SSSR count). The molecule has 1 aromatic carbocycles. The molecule has 122 valence electrons. The van der Waals surface area contributed by atoms with Gasteiger partial charge < -0.3 is 10.1 Å². The third kappa shape index (κ3) is 6.51. The van der Waals surface area contributed by atoms with Crippen LogP contribution in [0.5, 0.6) is 0 Å². The summed E-state index contributed by atoms with van der Waals surface area (Å²) in [6.07, 6.45) is -1.95. The van der Waals surface area contributed by atoms with Gasteiger partial charge in [-0.15, -0.1) is 0 Å². The molecule has 0 heterocycles. The Morgan fingerprint density at radius 1 is 1.32 bits per heavy atom. The quantitative estimate of drug-likeness (QED) is 0.801. The summed E-state index contributed by atoms with van der Waals surface area (Å²) in [5.41, 5.74) is -0.947. The summed E-state index contributed by atoms with van der Waals surface area (Å²) < 4.78 is 43.3. The van der Waals surface area contributed by atoms with E-state index in [0.717, 1.165) is 6.07 Å². The van der Waals surface area contributed by atoms with Gasteiger partial charge in [0.2, 0.25) is 0 Å². The van der Waals surface area contributed by atoms with Crippen molar-refractivity contribution >= 4 is 28.1 Å². The highest BCUT2D eigenvalue weighted by atomic mass is 79.9. The van der Waals surface area contributed by atoms with Crippen LogP contribution >= 0.6 is 15.9 Å². The predicted octanol–water partition coefficient (Wildman–Crippen LogP) is 5.01. The van der Waals surface area contributed by atoms with E-state index in [1.54, 1.807) is 32.9 Å². The monoisotopic (exact) mass is 379 g/mol. The lowest BCUT2D eigenvalue weighted by molar-refractivity contribution is -0.138. The highest BCUT2D eigenvalue weighted by Gasteiger charge is 2.32. The van der Waals surface area contributed by atoms with Crippen LogP contribution in [-0.2, 0) is 10.9 Å². The molecular weight excluding hydrogens is 363 g/mol. The molecule has 0 radical (unpaired) electrons. The van der Waals surface area contributed by atoms with Gasteiger partial charge in [0.1, 0.15) is 5.60 Å². The van der Waals surface area contributed by atoms with Crippen molar-refractivity contribution < 1.29 is 22.7 Å². The third-order valence-corrected chi connectivity index (χ3v) is 3.06. The largest absolute Gasteiger partial charge is 0.444 e. The Labute approximate surface area is 135 Å². The van der Waals surface area contributed by atoms with Gasteiger partial charge >= 0.3 is 12.3 Å². The molecule has 7 heteroatoms. The molecule has 0 aromatic heterocycles. The second-order valence-corrected chi connectivity index (χ2v) is 6.38. The maximum Gasteiger partial charge on any atom is 0.417 e. The molecule has 0 aliphatic carbocycles. The second-order valence-electron chi connectivity index (χ2n) is 5.52. The molecule has 0 fully saturated rings. The van der Waals surface area contributed by atoms with Crippen molar-refractivity contribution in [2.24, 2.45) is 0 Å². The number of hydrogen-bond donors (Lipinski definition) is 1. The Morgan fingerprint density at radius 3 is 2.50 bits per heavy atom. The topological polar surface area (TPSA) is 38.3 Å². The first-order chi connectivity index (χ1) is 9.99. The van der Waals surface area contributed by atoms with Gasteiger partial charge in [0, 0.05) is 11.0 Å². The van der Waals surface area contributed by atoms with Crippen LogP contribution in [0.25, 0.3) is 6.08 Å². The van der Waals surface area contributed by atoms with Crippen molar-refractivity contribution in [3.8, 4) is 0 Å². The van der Waals surface area contributed by atoms with Gasteiger partial charge in [0.25, 0.3) is 0 Å². The maximum atomic E-state index is 12.8. The van der Waals surface area contributed by atoms with Crippen molar-refractivity contribution in [2.45, 2.75) is 32.5 Å².